The number of carbonyl (C=O) groups excluding carboxylic acids is 1. The van der Waals surface area contributed by atoms with Crippen molar-refractivity contribution in [3.63, 3.8) is 0 Å². The van der Waals surface area contributed by atoms with Gasteiger partial charge in [-0.3, -0.25) is 9.89 Å². The Morgan fingerprint density at radius 2 is 2.23 bits per heavy atom. The normalized spacial score (nSPS) is 10.8. The fourth-order valence-electron chi connectivity index (χ4n) is 1.61. The number of nitrogens with zero attached hydrogens (tertiary/aromatic N) is 2. The quantitative estimate of drug-likeness (QED) is 0.797. The molecule has 0 spiro atoms. The predicted molar refractivity (Wildman–Crippen MR) is 78.3 cm³/mol. The van der Waals surface area contributed by atoms with Crippen molar-refractivity contribution in [2.45, 2.75) is 25.6 Å². The zero-order valence-corrected chi connectivity index (χ0v) is 12.7. The number of anilines is 1. The second kappa shape index (κ2) is 7.21. The Hall–Kier alpha value is -2.16. The Morgan fingerprint density at radius 3 is 2.86 bits per heavy atom. The molecule has 2 rings (SSSR count). The topological polar surface area (TPSA) is 79.9 Å². The van der Waals surface area contributed by atoms with E-state index in [0.717, 1.165) is 0 Å². The fourth-order valence-corrected chi connectivity index (χ4v) is 2.26. The Morgan fingerprint density at radius 1 is 1.45 bits per heavy atom. The van der Waals surface area contributed by atoms with E-state index in [1.165, 1.54) is 17.8 Å². The largest absolute Gasteiger partial charge is 0.434 e. The molecule has 22 heavy (non-hydrogen) atoms. The third-order valence-electron chi connectivity index (χ3n) is 2.60. The number of nitrogens with one attached hydrogen (secondary N) is 2. The van der Waals surface area contributed by atoms with Gasteiger partial charge in [-0.05, 0) is 25.5 Å². The van der Waals surface area contributed by atoms with Gasteiger partial charge in [-0.2, -0.15) is 8.78 Å². The van der Waals surface area contributed by atoms with E-state index in [1.807, 2.05) is 0 Å². The SMILES string of the molecule is Cc1nc(SCC(=O)Nc2ccc(C)c(OC(F)F)c2)n[nH]1. The molecule has 0 atom stereocenters. The summed E-state index contributed by atoms with van der Waals surface area (Å²) in [5.41, 5.74) is 0.946. The minimum absolute atomic E-state index is 0.0324. The van der Waals surface area contributed by atoms with E-state index in [1.54, 1.807) is 26.0 Å². The lowest BCUT2D eigenvalue weighted by molar-refractivity contribution is -0.113. The van der Waals surface area contributed by atoms with Gasteiger partial charge in [-0.1, -0.05) is 17.8 Å². The summed E-state index contributed by atoms with van der Waals surface area (Å²) in [5, 5.41) is 9.65. The molecule has 0 radical (unpaired) electrons. The van der Waals surface area contributed by atoms with Crippen LogP contribution in [0.1, 0.15) is 11.4 Å². The Kier molecular flexibility index (Phi) is 5.31. The third-order valence-corrected chi connectivity index (χ3v) is 3.44. The lowest BCUT2D eigenvalue weighted by Crippen LogP contribution is -2.14. The number of aryl methyl sites for hydroxylation is 2. The average Bonchev–Trinajstić information content (AvgIpc) is 2.85. The van der Waals surface area contributed by atoms with Crippen molar-refractivity contribution in [1.29, 1.82) is 0 Å². The molecule has 2 aromatic rings. The van der Waals surface area contributed by atoms with E-state index >= 15 is 0 Å². The number of aromatic amines is 1. The van der Waals surface area contributed by atoms with Crippen LogP contribution in [0.15, 0.2) is 23.4 Å². The van der Waals surface area contributed by atoms with Crippen molar-refractivity contribution in [1.82, 2.24) is 15.2 Å². The molecule has 118 valence electrons. The fraction of sp³-hybridized carbons (Fsp3) is 0.308. The molecule has 1 aromatic heterocycles. The van der Waals surface area contributed by atoms with E-state index in [-0.39, 0.29) is 17.4 Å². The van der Waals surface area contributed by atoms with Gasteiger partial charge in [0.2, 0.25) is 11.1 Å². The number of rotatable bonds is 6. The molecule has 1 aromatic carbocycles. The Balaban J connectivity index is 1.93. The Labute approximate surface area is 129 Å². The van der Waals surface area contributed by atoms with E-state index in [2.05, 4.69) is 25.2 Å². The molecule has 1 heterocycles. The van der Waals surface area contributed by atoms with Crippen molar-refractivity contribution in [2.75, 3.05) is 11.1 Å². The number of alkyl halides is 2. The standard InChI is InChI=1S/C13H14F2N4O2S/c1-7-3-4-9(5-10(7)21-12(14)15)17-11(20)6-22-13-16-8(2)18-19-13/h3-5,12H,6H2,1-2H3,(H,17,20)(H,16,18,19). The number of amides is 1. The molecule has 9 heteroatoms. The molecule has 0 unspecified atom stereocenters. The van der Waals surface area contributed by atoms with Gasteiger partial charge in [-0.15, -0.1) is 5.10 Å². The molecular formula is C13H14F2N4O2S. The molecular weight excluding hydrogens is 314 g/mol. The van der Waals surface area contributed by atoms with Crippen LogP contribution in [-0.2, 0) is 4.79 Å². The van der Waals surface area contributed by atoms with E-state index in [4.69, 9.17) is 0 Å². The van der Waals surface area contributed by atoms with Gasteiger partial charge in [0.1, 0.15) is 11.6 Å². The Bertz CT molecular complexity index is 663. The summed E-state index contributed by atoms with van der Waals surface area (Å²) in [6.45, 7) is 0.493. The first-order chi connectivity index (χ1) is 10.4. The highest BCUT2D eigenvalue weighted by Crippen LogP contribution is 2.24. The molecule has 0 bridgehead atoms. The van der Waals surface area contributed by atoms with Crippen LogP contribution in [0.3, 0.4) is 0 Å². The summed E-state index contributed by atoms with van der Waals surface area (Å²) < 4.78 is 28.9. The van der Waals surface area contributed by atoms with Crippen LogP contribution in [0.2, 0.25) is 0 Å². The van der Waals surface area contributed by atoms with Gasteiger partial charge >= 0.3 is 6.61 Å². The van der Waals surface area contributed by atoms with Gasteiger partial charge < -0.3 is 10.1 Å². The number of thioether (sulfide) groups is 1. The van der Waals surface area contributed by atoms with E-state index in [0.29, 0.717) is 22.2 Å². The highest BCUT2D eigenvalue weighted by atomic mass is 32.2. The van der Waals surface area contributed by atoms with E-state index < -0.39 is 6.61 Å². The summed E-state index contributed by atoms with van der Waals surface area (Å²) in [7, 11) is 0. The second-order valence-electron chi connectivity index (χ2n) is 4.40. The number of benzene rings is 1. The number of ether oxygens (including phenoxy) is 1. The molecule has 2 N–H and O–H groups in total. The van der Waals surface area contributed by atoms with Crippen LogP contribution in [0.4, 0.5) is 14.5 Å². The number of hydrogen-bond acceptors (Lipinski definition) is 5. The highest BCUT2D eigenvalue weighted by Gasteiger charge is 2.11. The average molecular weight is 328 g/mol. The molecule has 0 saturated carbocycles. The number of halogens is 2. The first-order valence-corrected chi connectivity index (χ1v) is 7.29. The number of H-pyrrole nitrogens is 1. The van der Waals surface area contributed by atoms with Gasteiger partial charge in [0.15, 0.2) is 0 Å². The van der Waals surface area contributed by atoms with E-state index in [9.17, 15) is 13.6 Å². The number of aromatic nitrogens is 3. The minimum atomic E-state index is -2.91. The molecule has 0 aliphatic rings. The number of hydrogen-bond donors (Lipinski definition) is 2. The first-order valence-electron chi connectivity index (χ1n) is 6.31. The zero-order chi connectivity index (χ0) is 16.1. The van der Waals surface area contributed by atoms with Crippen molar-refractivity contribution in [3.05, 3.63) is 29.6 Å². The maximum absolute atomic E-state index is 12.3. The van der Waals surface area contributed by atoms with Crippen LogP contribution in [0, 0.1) is 13.8 Å². The predicted octanol–water partition coefficient (Wildman–Crippen LogP) is 2.75. The highest BCUT2D eigenvalue weighted by molar-refractivity contribution is 7.99. The molecule has 0 aliphatic heterocycles. The lowest BCUT2D eigenvalue weighted by Gasteiger charge is -2.10. The maximum atomic E-state index is 12.3. The molecule has 6 nitrogen and oxygen atoms in total. The molecule has 0 saturated heterocycles. The third kappa shape index (κ3) is 4.69. The lowest BCUT2D eigenvalue weighted by atomic mass is 10.2. The van der Waals surface area contributed by atoms with Gasteiger partial charge in [0.05, 0.1) is 5.75 Å². The molecule has 0 aliphatic carbocycles. The summed E-state index contributed by atoms with van der Waals surface area (Å²) in [4.78, 5) is 15.9. The van der Waals surface area contributed by atoms with Crippen LogP contribution >= 0.6 is 11.8 Å². The van der Waals surface area contributed by atoms with Crippen molar-refractivity contribution < 1.29 is 18.3 Å². The summed E-state index contributed by atoms with van der Waals surface area (Å²) in [6.07, 6.45) is 0. The van der Waals surface area contributed by atoms with Crippen molar-refractivity contribution in [2.24, 2.45) is 0 Å². The zero-order valence-electron chi connectivity index (χ0n) is 11.9. The van der Waals surface area contributed by atoms with Gasteiger partial charge in [0, 0.05) is 11.8 Å². The van der Waals surface area contributed by atoms with Crippen molar-refractivity contribution >= 4 is 23.4 Å². The van der Waals surface area contributed by atoms with Crippen LogP contribution < -0.4 is 10.1 Å². The van der Waals surface area contributed by atoms with Crippen LogP contribution in [0.5, 0.6) is 5.75 Å². The smallest absolute Gasteiger partial charge is 0.387 e. The van der Waals surface area contributed by atoms with Crippen LogP contribution in [0.25, 0.3) is 0 Å². The number of carbonyl (C=O) groups is 1. The summed E-state index contributed by atoms with van der Waals surface area (Å²) >= 11 is 1.17. The minimum Gasteiger partial charge on any atom is -0.434 e. The molecule has 0 fully saturated rings. The van der Waals surface area contributed by atoms with Crippen molar-refractivity contribution in [3.8, 4) is 5.75 Å². The van der Waals surface area contributed by atoms with Crippen LogP contribution in [-0.4, -0.2) is 33.5 Å². The summed E-state index contributed by atoms with van der Waals surface area (Å²) in [6, 6.07) is 4.58. The summed E-state index contributed by atoms with van der Waals surface area (Å²) in [5.74, 6) is 0.510. The molecule has 1 amide bonds. The second-order valence-corrected chi connectivity index (χ2v) is 5.34. The van der Waals surface area contributed by atoms with Gasteiger partial charge in [-0.25, -0.2) is 4.98 Å². The first kappa shape index (κ1) is 16.2. The monoisotopic (exact) mass is 328 g/mol. The van der Waals surface area contributed by atoms with Gasteiger partial charge in [0.25, 0.3) is 0 Å². The maximum Gasteiger partial charge on any atom is 0.387 e.